The third kappa shape index (κ3) is 4.05. The van der Waals surface area contributed by atoms with Crippen LogP contribution in [0.15, 0.2) is 34.9 Å². The van der Waals surface area contributed by atoms with Crippen LogP contribution in [0.4, 0.5) is 5.82 Å². The molecule has 0 atom stereocenters. The van der Waals surface area contributed by atoms with E-state index in [-0.39, 0.29) is 12.4 Å². The molecular weight excluding hydrogens is 374 g/mol. The van der Waals surface area contributed by atoms with Crippen LogP contribution in [-0.4, -0.2) is 36.6 Å². The molecule has 3 rings (SSSR count). The number of hydrogen-bond acceptors (Lipinski definition) is 7. The lowest BCUT2D eigenvalue weighted by atomic mass is 10.2. The molecule has 136 valence electrons. The highest BCUT2D eigenvalue weighted by atomic mass is 35.5. The van der Waals surface area contributed by atoms with Crippen LogP contribution in [-0.2, 0) is 16.0 Å². The molecule has 0 saturated heterocycles. The van der Waals surface area contributed by atoms with Gasteiger partial charge in [0.05, 0.1) is 33.5 Å². The minimum atomic E-state index is -0.350. The highest BCUT2D eigenvalue weighted by Gasteiger charge is 2.21. The van der Waals surface area contributed by atoms with Crippen molar-refractivity contribution in [1.82, 2.24) is 9.97 Å². The largest absolute Gasteiger partial charge is 0.466 e. The monoisotopic (exact) mass is 391 g/mol. The number of aromatic nitrogens is 2. The van der Waals surface area contributed by atoms with Crippen LogP contribution < -0.4 is 4.90 Å². The predicted molar refractivity (Wildman–Crippen MR) is 103 cm³/mol. The van der Waals surface area contributed by atoms with Crippen LogP contribution in [0.25, 0.3) is 22.1 Å². The molecule has 3 heterocycles. The van der Waals surface area contributed by atoms with Crippen molar-refractivity contribution in [2.45, 2.75) is 13.3 Å². The van der Waals surface area contributed by atoms with Crippen LogP contribution >= 0.6 is 22.9 Å². The molecule has 0 saturated carbocycles. The van der Waals surface area contributed by atoms with Crippen molar-refractivity contribution in [3.05, 3.63) is 40.5 Å². The fourth-order valence-electron chi connectivity index (χ4n) is 2.35. The number of oxazole rings is 1. The van der Waals surface area contributed by atoms with E-state index in [0.717, 1.165) is 16.3 Å². The zero-order valence-corrected chi connectivity index (χ0v) is 16.2. The van der Waals surface area contributed by atoms with E-state index in [1.54, 1.807) is 19.2 Å². The number of esters is 1. The lowest BCUT2D eigenvalue weighted by molar-refractivity contribution is -0.142. The molecule has 3 aromatic heterocycles. The highest BCUT2D eigenvalue weighted by Crippen LogP contribution is 2.36. The molecule has 0 aliphatic carbocycles. The Labute approximate surface area is 160 Å². The van der Waals surface area contributed by atoms with Gasteiger partial charge in [-0.2, -0.15) is 0 Å². The molecule has 0 bridgehead atoms. The first kappa shape index (κ1) is 18.4. The van der Waals surface area contributed by atoms with E-state index in [4.69, 9.17) is 20.8 Å². The Morgan fingerprint density at radius 3 is 2.69 bits per heavy atom. The molecule has 0 radical (unpaired) electrons. The summed E-state index contributed by atoms with van der Waals surface area (Å²) in [5.74, 6) is 1.41. The van der Waals surface area contributed by atoms with Gasteiger partial charge in [0.25, 0.3) is 0 Å². The summed E-state index contributed by atoms with van der Waals surface area (Å²) in [6, 6.07) is 7.39. The second-order valence-corrected chi connectivity index (χ2v) is 7.39. The van der Waals surface area contributed by atoms with Gasteiger partial charge < -0.3 is 14.1 Å². The summed E-state index contributed by atoms with van der Waals surface area (Å²) in [5.41, 5.74) is 1.25. The van der Waals surface area contributed by atoms with Crippen molar-refractivity contribution in [2.24, 2.45) is 0 Å². The molecule has 26 heavy (non-hydrogen) atoms. The fourth-order valence-corrected chi connectivity index (χ4v) is 3.40. The number of carbonyl (C=O) groups excluding carboxylic acids is 1. The fraction of sp³-hybridized carbons (Fsp3) is 0.278. The smallest absolute Gasteiger partial charge is 0.312 e. The van der Waals surface area contributed by atoms with Crippen LogP contribution in [0.3, 0.4) is 0 Å². The first-order chi connectivity index (χ1) is 12.5. The Balaban J connectivity index is 1.98. The van der Waals surface area contributed by atoms with E-state index < -0.39 is 0 Å². The van der Waals surface area contributed by atoms with Crippen molar-refractivity contribution in [3.63, 3.8) is 0 Å². The predicted octanol–water partition coefficient (Wildman–Crippen LogP) is 4.29. The van der Waals surface area contributed by atoms with E-state index in [9.17, 15) is 4.79 Å². The van der Waals surface area contributed by atoms with Gasteiger partial charge in [-0.15, -0.1) is 11.3 Å². The molecule has 0 spiro atoms. The Morgan fingerprint density at radius 2 is 2.12 bits per heavy atom. The number of nitrogens with zero attached hydrogens (tertiary/aromatic N) is 3. The average molecular weight is 392 g/mol. The third-order valence-corrected chi connectivity index (χ3v) is 4.79. The van der Waals surface area contributed by atoms with Gasteiger partial charge in [0.2, 0.25) is 5.89 Å². The van der Waals surface area contributed by atoms with Gasteiger partial charge in [0.1, 0.15) is 5.82 Å². The van der Waals surface area contributed by atoms with Crippen molar-refractivity contribution < 1.29 is 13.9 Å². The van der Waals surface area contributed by atoms with Crippen LogP contribution in [0, 0.1) is 0 Å². The quantitative estimate of drug-likeness (QED) is 0.584. The maximum Gasteiger partial charge on any atom is 0.312 e. The molecule has 0 aliphatic rings. The van der Waals surface area contributed by atoms with Gasteiger partial charge in [-0.3, -0.25) is 4.79 Å². The molecular formula is C18H18ClN3O3S. The number of pyridine rings is 1. The summed E-state index contributed by atoms with van der Waals surface area (Å²) in [6.07, 6.45) is 1.73. The van der Waals surface area contributed by atoms with Gasteiger partial charge in [-0.25, -0.2) is 9.97 Å². The van der Waals surface area contributed by atoms with E-state index in [2.05, 4.69) is 9.97 Å². The number of halogens is 1. The second-order valence-electron chi connectivity index (χ2n) is 5.68. The highest BCUT2D eigenvalue weighted by molar-refractivity contribution is 7.19. The average Bonchev–Trinajstić information content (AvgIpc) is 3.21. The second kappa shape index (κ2) is 7.88. The van der Waals surface area contributed by atoms with Crippen molar-refractivity contribution in [3.8, 4) is 22.1 Å². The van der Waals surface area contributed by atoms with Gasteiger partial charge in [-0.05, 0) is 31.2 Å². The maximum absolute atomic E-state index is 11.9. The van der Waals surface area contributed by atoms with Gasteiger partial charge in [0, 0.05) is 20.3 Å². The molecule has 8 heteroatoms. The Bertz CT molecular complexity index is 903. The summed E-state index contributed by atoms with van der Waals surface area (Å²) in [5, 5.41) is 0. The normalized spacial score (nSPS) is 10.8. The zero-order valence-electron chi connectivity index (χ0n) is 14.7. The lowest BCUT2D eigenvalue weighted by Crippen LogP contribution is -2.10. The third-order valence-electron chi connectivity index (χ3n) is 3.56. The summed E-state index contributed by atoms with van der Waals surface area (Å²) in [4.78, 5) is 23.5. The minimum absolute atomic E-state index is 0.0331. The topological polar surface area (TPSA) is 68.5 Å². The van der Waals surface area contributed by atoms with E-state index in [0.29, 0.717) is 28.3 Å². The molecule has 0 fully saturated rings. The van der Waals surface area contributed by atoms with Crippen LogP contribution in [0.1, 0.15) is 12.6 Å². The number of carbonyl (C=O) groups is 1. The standard InChI is InChI=1S/C18H18ClN3O3S/c1-4-24-16(23)9-12-17(13-6-7-14(19)26-13)25-18(21-12)11-5-8-15(20-10-11)22(2)3/h5-8,10H,4,9H2,1-3H3. The Kier molecular flexibility index (Phi) is 5.58. The molecule has 0 aromatic carbocycles. The van der Waals surface area contributed by atoms with E-state index in [1.807, 2.05) is 37.2 Å². The zero-order chi connectivity index (χ0) is 18.7. The van der Waals surface area contributed by atoms with E-state index in [1.165, 1.54) is 11.3 Å². The maximum atomic E-state index is 11.9. The summed E-state index contributed by atoms with van der Waals surface area (Å²) in [7, 11) is 3.84. The van der Waals surface area contributed by atoms with Gasteiger partial charge in [-0.1, -0.05) is 11.6 Å². The van der Waals surface area contributed by atoms with Crippen LogP contribution in [0.5, 0.6) is 0 Å². The molecule has 6 nitrogen and oxygen atoms in total. The molecule has 3 aromatic rings. The van der Waals surface area contributed by atoms with Crippen molar-refractivity contribution >= 4 is 34.7 Å². The van der Waals surface area contributed by atoms with Gasteiger partial charge >= 0.3 is 5.97 Å². The lowest BCUT2D eigenvalue weighted by Gasteiger charge is -2.10. The first-order valence-corrected chi connectivity index (χ1v) is 9.22. The summed E-state index contributed by atoms with van der Waals surface area (Å²) >= 11 is 7.41. The number of ether oxygens (including phenoxy) is 1. The number of anilines is 1. The van der Waals surface area contributed by atoms with Crippen molar-refractivity contribution in [2.75, 3.05) is 25.6 Å². The Hall–Kier alpha value is -2.38. The SMILES string of the molecule is CCOC(=O)Cc1nc(-c2ccc(N(C)C)nc2)oc1-c1ccc(Cl)s1. The molecule has 0 unspecified atom stereocenters. The van der Waals surface area contributed by atoms with Crippen molar-refractivity contribution in [1.29, 1.82) is 0 Å². The van der Waals surface area contributed by atoms with Crippen LogP contribution in [0.2, 0.25) is 4.34 Å². The Morgan fingerprint density at radius 1 is 1.31 bits per heavy atom. The molecule has 0 aliphatic heterocycles. The number of hydrogen-bond donors (Lipinski definition) is 0. The molecule has 0 N–H and O–H groups in total. The summed E-state index contributed by atoms with van der Waals surface area (Å²) in [6.45, 7) is 2.09. The van der Waals surface area contributed by atoms with Gasteiger partial charge in [0.15, 0.2) is 5.76 Å². The first-order valence-electron chi connectivity index (χ1n) is 8.02. The summed E-state index contributed by atoms with van der Waals surface area (Å²) < 4.78 is 11.6. The minimum Gasteiger partial charge on any atom is -0.466 e. The number of thiophene rings is 1. The number of rotatable bonds is 6. The van der Waals surface area contributed by atoms with E-state index >= 15 is 0 Å². The molecule has 0 amide bonds.